The fraction of sp³-hybridized carbons (Fsp3) is 0.364. The highest BCUT2D eigenvalue weighted by Crippen LogP contribution is 2.34. The Morgan fingerprint density at radius 2 is 1.86 bits per heavy atom. The van der Waals surface area contributed by atoms with Crippen molar-refractivity contribution in [2.45, 2.75) is 18.5 Å². The van der Waals surface area contributed by atoms with Gasteiger partial charge >= 0.3 is 12.1 Å². The van der Waals surface area contributed by atoms with Crippen molar-refractivity contribution in [3.8, 4) is 0 Å². The van der Waals surface area contributed by atoms with Gasteiger partial charge in [0.15, 0.2) is 0 Å². The van der Waals surface area contributed by atoms with Crippen LogP contribution < -0.4 is 16.0 Å². The maximum Gasteiger partial charge on any atom is 0.455 e. The van der Waals surface area contributed by atoms with Crippen LogP contribution in [0.5, 0.6) is 0 Å². The molecule has 0 saturated heterocycles. The molecule has 1 rings (SSSR count). The Kier molecular flexibility index (Phi) is 5.60. The van der Waals surface area contributed by atoms with E-state index >= 15 is 0 Å². The Bertz CT molecular complexity index is 525. The molecule has 122 valence electrons. The zero-order valence-electron chi connectivity index (χ0n) is 10.9. The van der Waals surface area contributed by atoms with E-state index < -0.39 is 36.9 Å². The molecule has 1 heterocycles. The summed E-state index contributed by atoms with van der Waals surface area (Å²) in [7, 11) is 0. The summed E-state index contributed by atoms with van der Waals surface area (Å²) in [5, 5.41) is 6.13. The number of rotatable bonds is 5. The maximum atomic E-state index is 12.6. The van der Waals surface area contributed by atoms with E-state index in [9.17, 15) is 31.5 Å². The molecule has 0 aromatic carbocycles. The average Bonchev–Trinajstić information content (AvgIpc) is 2.63. The number of carbonyl (C=O) groups excluding carboxylic acids is 2. The van der Waals surface area contributed by atoms with Crippen LogP contribution in [0, 0.1) is 0 Å². The molecule has 0 aromatic heterocycles. The fourth-order valence-electron chi connectivity index (χ4n) is 1.16. The van der Waals surface area contributed by atoms with Gasteiger partial charge in [0.2, 0.25) is 11.8 Å². The molecule has 11 heteroatoms. The Morgan fingerprint density at radius 1 is 1.18 bits per heavy atom. The third-order valence-corrected chi connectivity index (χ3v) is 2.22. The van der Waals surface area contributed by atoms with Crippen molar-refractivity contribution in [2.75, 3.05) is 6.54 Å². The minimum Gasteiger partial charge on any atom is -0.365 e. The van der Waals surface area contributed by atoms with Crippen molar-refractivity contribution in [1.82, 2.24) is 16.0 Å². The van der Waals surface area contributed by atoms with E-state index in [-0.39, 0.29) is 5.82 Å². The number of amides is 2. The molecule has 0 unspecified atom stereocenters. The minimum atomic E-state index is -5.78. The number of hydrogen-bond donors (Lipinski definition) is 3. The number of hydrogen-bond acceptors (Lipinski definition) is 4. The highest BCUT2D eigenvalue weighted by atomic mass is 19.4. The van der Waals surface area contributed by atoms with Gasteiger partial charge in [-0.15, -0.1) is 0 Å². The number of aliphatic imine (C=N–C) groups is 1. The molecule has 0 aliphatic carbocycles. The summed E-state index contributed by atoms with van der Waals surface area (Å²) in [6, 6.07) is 0. The summed E-state index contributed by atoms with van der Waals surface area (Å²) >= 11 is 0. The van der Waals surface area contributed by atoms with Gasteiger partial charge in [-0.3, -0.25) is 9.59 Å². The Labute approximate surface area is 121 Å². The van der Waals surface area contributed by atoms with Gasteiger partial charge in [-0.25, -0.2) is 4.99 Å². The summed E-state index contributed by atoms with van der Waals surface area (Å²) in [6.07, 6.45) is -1.07. The van der Waals surface area contributed by atoms with Crippen molar-refractivity contribution < 1.29 is 31.5 Å². The van der Waals surface area contributed by atoms with Crippen molar-refractivity contribution >= 4 is 18.0 Å². The molecule has 22 heavy (non-hydrogen) atoms. The number of nitrogens with zero attached hydrogens (tertiary/aromatic N) is 1. The number of nitrogens with one attached hydrogen (secondary N) is 3. The van der Waals surface area contributed by atoms with Crippen LogP contribution >= 0.6 is 0 Å². The van der Waals surface area contributed by atoms with Crippen molar-refractivity contribution in [3.05, 3.63) is 24.3 Å². The van der Waals surface area contributed by atoms with Crippen LogP contribution in [0.25, 0.3) is 0 Å². The zero-order valence-corrected chi connectivity index (χ0v) is 10.9. The van der Waals surface area contributed by atoms with Crippen molar-refractivity contribution in [3.63, 3.8) is 0 Å². The van der Waals surface area contributed by atoms with Crippen molar-refractivity contribution in [2.24, 2.45) is 4.99 Å². The number of allylic oxidation sites excluding steroid dienone is 1. The van der Waals surface area contributed by atoms with E-state index in [1.54, 1.807) is 0 Å². The Hall–Kier alpha value is -2.46. The van der Waals surface area contributed by atoms with Crippen molar-refractivity contribution in [1.29, 1.82) is 0 Å². The lowest BCUT2D eigenvalue weighted by atomic mass is 10.3. The van der Waals surface area contributed by atoms with E-state index in [0.29, 0.717) is 0 Å². The molecule has 0 atom stereocenters. The van der Waals surface area contributed by atoms with Gasteiger partial charge in [0.05, 0.1) is 6.54 Å². The first kappa shape index (κ1) is 17.6. The van der Waals surface area contributed by atoms with E-state index in [4.69, 9.17) is 0 Å². The summed E-state index contributed by atoms with van der Waals surface area (Å²) in [4.78, 5) is 26.3. The third kappa shape index (κ3) is 5.50. The second-order valence-electron chi connectivity index (χ2n) is 4.04. The quantitative estimate of drug-likeness (QED) is 0.516. The van der Waals surface area contributed by atoms with E-state index in [2.05, 4.69) is 15.6 Å². The van der Waals surface area contributed by atoms with Crippen LogP contribution in [-0.2, 0) is 9.59 Å². The fourth-order valence-corrected chi connectivity index (χ4v) is 1.16. The molecule has 6 nitrogen and oxygen atoms in total. The Morgan fingerprint density at radius 3 is 2.50 bits per heavy atom. The smallest absolute Gasteiger partial charge is 0.365 e. The van der Waals surface area contributed by atoms with Crippen LogP contribution in [-0.4, -0.2) is 36.7 Å². The maximum absolute atomic E-state index is 12.6. The molecule has 0 saturated carbocycles. The van der Waals surface area contributed by atoms with Gasteiger partial charge in [0, 0.05) is 18.6 Å². The molecule has 1 aliphatic heterocycles. The molecule has 1 aliphatic rings. The molecule has 0 bridgehead atoms. The van der Waals surface area contributed by atoms with Crippen LogP contribution in [0.15, 0.2) is 29.3 Å². The summed E-state index contributed by atoms with van der Waals surface area (Å²) in [5.41, 5.74) is 0. The second kappa shape index (κ2) is 7.00. The number of alkyl halides is 5. The Balaban J connectivity index is 2.42. The van der Waals surface area contributed by atoms with Crippen LogP contribution in [0.3, 0.4) is 0 Å². The first-order valence-electron chi connectivity index (χ1n) is 5.78. The molecule has 0 spiro atoms. The van der Waals surface area contributed by atoms with E-state index in [1.807, 2.05) is 0 Å². The summed E-state index contributed by atoms with van der Waals surface area (Å²) in [6.45, 7) is -1.94. The van der Waals surface area contributed by atoms with Gasteiger partial charge in [-0.05, 0) is 6.08 Å². The predicted octanol–water partition coefficient (Wildman–Crippen LogP) is 0.793. The van der Waals surface area contributed by atoms with Gasteiger partial charge in [-0.1, -0.05) is 0 Å². The molecule has 2 amide bonds. The zero-order chi connectivity index (χ0) is 16.8. The van der Waals surface area contributed by atoms with Crippen LogP contribution in [0.2, 0.25) is 0 Å². The number of halogens is 5. The van der Waals surface area contributed by atoms with Crippen LogP contribution in [0.1, 0.15) is 6.42 Å². The first-order chi connectivity index (χ1) is 10.1. The third-order valence-electron chi connectivity index (χ3n) is 2.22. The highest BCUT2D eigenvalue weighted by molar-refractivity contribution is 5.97. The lowest BCUT2D eigenvalue weighted by Crippen LogP contribution is -2.47. The molecule has 3 N–H and O–H groups in total. The average molecular weight is 326 g/mol. The normalized spacial score (nSPS) is 14.7. The standard InChI is InChI=1S/C11H11F5N4O2/c12-10(13,11(14,15)16)6-19-8(21)4-9(22)20-7-5-17-2-1-3-18-7/h1-3,5,17H,4,6H2,(H,19,21)(H,20,22). The molecule has 0 fully saturated rings. The van der Waals surface area contributed by atoms with E-state index in [0.717, 1.165) is 0 Å². The lowest BCUT2D eigenvalue weighted by Gasteiger charge is -2.19. The summed E-state index contributed by atoms with van der Waals surface area (Å²) in [5.74, 6) is -7.21. The molecular formula is C11H11F5N4O2. The minimum absolute atomic E-state index is 0.0448. The number of carbonyl (C=O) groups is 2. The lowest BCUT2D eigenvalue weighted by molar-refractivity contribution is -0.278. The predicted molar refractivity (Wildman–Crippen MR) is 65.6 cm³/mol. The van der Waals surface area contributed by atoms with Gasteiger partial charge in [0.1, 0.15) is 12.2 Å². The highest BCUT2D eigenvalue weighted by Gasteiger charge is 2.57. The van der Waals surface area contributed by atoms with E-state index in [1.165, 1.54) is 30.0 Å². The molecule has 0 aromatic rings. The van der Waals surface area contributed by atoms with Gasteiger partial charge in [-0.2, -0.15) is 22.0 Å². The SMILES string of the molecule is O=C(CC(=O)NC1=CNC=CC=N1)NCC(F)(F)C(F)(F)F. The van der Waals surface area contributed by atoms with Crippen LogP contribution in [0.4, 0.5) is 22.0 Å². The van der Waals surface area contributed by atoms with Gasteiger partial charge < -0.3 is 16.0 Å². The molecular weight excluding hydrogens is 315 g/mol. The second-order valence-corrected chi connectivity index (χ2v) is 4.04. The van der Waals surface area contributed by atoms with Gasteiger partial charge in [0.25, 0.3) is 0 Å². The topological polar surface area (TPSA) is 82.6 Å². The first-order valence-corrected chi connectivity index (χ1v) is 5.78. The monoisotopic (exact) mass is 326 g/mol. The summed E-state index contributed by atoms with van der Waals surface area (Å²) < 4.78 is 60.8. The molecule has 0 radical (unpaired) electrons. The largest absolute Gasteiger partial charge is 0.455 e.